The van der Waals surface area contributed by atoms with Crippen LogP contribution in [0.2, 0.25) is 0 Å². The fourth-order valence-corrected chi connectivity index (χ4v) is 1.60. The fourth-order valence-electron chi connectivity index (χ4n) is 1.22. The topological polar surface area (TPSA) is 41.1 Å². The Bertz CT molecular complexity index is 371. The minimum Gasteiger partial charge on any atom is -0.326 e. The zero-order valence-corrected chi connectivity index (χ0v) is 10.6. The van der Waals surface area contributed by atoms with Crippen molar-refractivity contribution in [2.45, 2.75) is 12.8 Å². The summed E-state index contributed by atoms with van der Waals surface area (Å²) in [4.78, 5) is 11.4. The van der Waals surface area contributed by atoms with E-state index in [1.807, 2.05) is 7.05 Å². The molecular weight excluding hydrogens is 275 g/mol. The molecule has 88 valence electrons. The molecule has 0 aromatic heterocycles. The minimum absolute atomic E-state index is 0.0613. The summed E-state index contributed by atoms with van der Waals surface area (Å²) >= 11 is 3.06. The zero-order chi connectivity index (χ0) is 12.0. The molecular formula is C11H14BrFN2O. The first-order valence-corrected chi connectivity index (χ1v) is 5.82. The van der Waals surface area contributed by atoms with Crippen LogP contribution in [0.4, 0.5) is 10.1 Å². The van der Waals surface area contributed by atoms with Gasteiger partial charge in [0.2, 0.25) is 5.91 Å². The number of rotatable bonds is 5. The number of amides is 1. The van der Waals surface area contributed by atoms with E-state index in [2.05, 4.69) is 26.6 Å². The van der Waals surface area contributed by atoms with Gasteiger partial charge in [-0.05, 0) is 54.1 Å². The quantitative estimate of drug-likeness (QED) is 0.818. The summed E-state index contributed by atoms with van der Waals surface area (Å²) < 4.78 is 13.3. The summed E-state index contributed by atoms with van der Waals surface area (Å²) in [6.07, 6.45) is 1.24. The molecule has 0 heterocycles. The summed E-state index contributed by atoms with van der Waals surface area (Å²) in [5, 5.41) is 5.67. The standard InChI is InChI=1S/C11H14BrFN2O/c1-14-6-2-3-11(16)15-8-4-5-10(13)9(12)7-8/h4-5,7,14H,2-3,6H2,1H3,(H,15,16). The Morgan fingerprint density at radius 2 is 2.25 bits per heavy atom. The number of hydrogen-bond acceptors (Lipinski definition) is 2. The Hall–Kier alpha value is -0.940. The lowest BCUT2D eigenvalue weighted by Gasteiger charge is -2.05. The first-order chi connectivity index (χ1) is 7.63. The van der Waals surface area contributed by atoms with E-state index in [0.717, 1.165) is 13.0 Å². The number of halogens is 2. The Morgan fingerprint density at radius 1 is 1.50 bits per heavy atom. The minimum atomic E-state index is -0.340. The molecule has 16 heavy (non-hydrogen) atoms. The van der Waals surface area contributed by atoms with Gasteiger partial charge in [-0.1, -0.05) is 0 Å². The number of benzene rings is 1. The van der Waals surface area contributed by atoms with Gasteiger partial charge in [-0.25, -0.2) is 4.39 Å². The molecule has 1 aromatic rings. The lowest BCUT2D eigenvalue weighted by Crippen LogP contribution is -2.15. The van der Waals surface area contributed by atoms with Crippen molar-refractivity contribution < 1.29 is 9.18 Å². The second kappa shape index (κ2) is 6.60. The van der Waals surface area contributed by atoms with Crippen molar-refractivity contribution >= 4 is 27.5 Å². The average Bonchev–Trinajstić information content (AvgIpc) is 2.24. The number of nitrogens with one attached hydrogen (secondary N) is 2. The van der Waals surface area contributed by atoms with Crippen LogP contribution in [-0.2, 0) is 4.79 Å². The summed E-state index contributed by atoms with van der Waals surface area (Å²) in [5.74, 6) is -0.401. The van der Waals surface area contributed by atoms with E-state index in [0.29, 0.717) is 16.6 Å². The average molecular weight is 289 g/mol. The molecule has 0 atom stereocenters. The van der Waals surface area contributed by atoms with Gasteiger partial charge in [-0.2, -0.15) is 0 Å². The molecule has 0 aliphatic heterocycles. The Balaban J connectivity index is 2.46. The Kier molecular flexibility index (Phi) is 5.42. The first kappa shape index (κ1) is 13.1. The molecule has 0 radical (unpaired) electrons. The van der Waals surface area contributed by atoms with Crippen molar-refractivity contribution in [3.8, 4) is 0 Å². The summed E-state index contributed by atoms with van der Waals surface area (Å²) in [7, 11) is 1.84. The zero-order valence-electron chi connectivity index (χ0n) is 9.02. The van der Waals surface area contributed by atoms with Crippen LogP contribution in [0.5, 0.6) is 0 Å². The Morgan fingerprint density at radius 3 is 2.88 bits per heavy atom. The van der Waals surface area contributed by atoms with Crippen molar-refractivity contribution in [3.05, 3.63) is 28.5 Å². The number of carbonyl (C=O) groups is 1. The van der Waals surface area contributed by atoms with Crippen molar-refractivity contribution in [1.82, 2.24) is 5.32 Å². The largest absolute Gasteiger partial charge is 0.326 e. The monoisotopic (exact) mass is 288 g/mol. The highest BCUT2D eigenvalue weighted by Crippen LogP contribution is 2.20. The fraction of sp³-hybridized carbons (Fsp3) is 0.364. The number of anilines is 1. The van der Waals surface area contributed by atoms with E-state index >= 15 is 0 Å². The highest BCUT2D eigenvalue weighted by molar-refractivity contribution is 9.10. The molecule has 0 spiro atoms. The van der Waals surface area contributed by atoms with Gasteiger partial charge >= 0.3 is 0 Å². The van der Waals surface area contributed by atoms with Crippen LogP contribution in [0.15, 0.2) is 22.7 Å². The SMILES string of the molecule is CNCCCC(=O)Nc1ccc(F)c(Br)c1. The second-order valence-electron chi connectivity index (χ2n) is 3.38. The third-order valence-corrected chi connectivity index (χ3v) is 2.64. The predicted molar refractivity (Wildman–Crippen MR) is 65.9 cm³/mol. The summed E-state index contributed by atoms with van der Waals surface area (Å²) in [6.45, 7) is 0.806. The molecule has 2 N–H and O–H groups in total. The van der Waals surface area contributed by atoms with E-state index in [-0.39, 0.29) is 11.7 Å². The van der Waals surface area contributed by atoms with Crippen molar-refractivity contribution in [2.24, 2.45) is 0 Å². The maximum atomic E-state index is 12.9. The molecule has 0 saturated carbocycles. The number of hydrogen-bond donors (Lipinski definition) is 2. The van der Waals surface area contributed by atoms with Crippen LogP contribution in [0.25, 0.3) is 0 Å². The predicted octanol–water partition coefficient (Wildman–Crippen LogP) is 2.53. The highest BCUT2D eigenvalue weighted by atomic mass is 79.9. The molecule has 0 saturated heterocycles. The molecule has 3 nitrogen and oxygen atoms in total. The van der Waals surface area contributed by atoms with Gasteiger partial charge in [0, 0.05) is 12.1 Å². The van der Waals surface area contributed by atoms with Gasteiger partial charge in [0.15, 0.2) is 0 Å². The van der Waals surface area contributed by atoms with Gasteiger partial charge in [0.05, 0.1) is 4.47 Å². The molecule has 5 heteroatoms. The molecule has 0 unspecified atom stereocenters. The van der Waals surface area contributed by atoms with Crippen LogP contribution < -0.4 is 10.6 Å². The highest BCUT2D eigenvalue weighted by Gasteiger charge is 2.04. The van der Waals surface area contributed by atoms with Crippen LogP contribution >= 0.6 is 15.9 Å². The van der Waals surface area contributed by atoms with Gasteiger partial charge < -0.3 is 10.6 Å². The van der Waals surface area contributed by atoms with E-state index in [1.165, 1.54) is 12.1 Å². The normalized spacial score (nSPS) is 10.2. The summed E-state index contributed by atoms with van der Waals surface area (Å²) in [6, 6.07) is 4.40. The Labute approximate surface area is 103 Å². The van der Waals surface area contributed by atoms with Gasteiger partial charge in [-0.15, -0.1) is 0 Å². The van der Waals surface area contributed by atoms with E-state index < -0.39 is 0 Å². The smallest absolute Gasteiger partial charge is 0.224 e. The summed E-state index contributed by atoms with van der Waals surface area (Å²) in [5.41, 5.74) is 0.600. The lowest BCUT2D eigenvalue weighted by molar-refractivity contribution is -0.116. The molecule has 0 aliphatic carbocycles. The molecule has 0 aliphatic rings. The van der Waals surface area contributed by atoms with Crippen LogP contribution in [0.1, 0.15) is 12.8 Å². The van der Waals surface area contributed by atoms with Gasteiger partial charge in [-0.3, -0.25) is 4.79 Å². The van der Waals surface area contributed by atoms with Crippen molar-refractivity contribution in [3.63, 3.8) is 0 Å². The van der Waals surface area contributed by atoms with Crippen LogP contribution in [0, 0.1) is 5.82 Å². The number of carbonyl (C=O) groups excluding carboxylic acids is 1. The third-order valence-electron chi connectivity index (χ3n) is 2.03. The maximum Gasteiger partial charge on any atom is 0.224 e. The van der Waals surface area contributed by atoms with Crippen molar-refractivity contribution in [1.29, 1.82) is 0 Å². The van der Waals surface area contributed by atoms with Crippen LogP contribution in [0.3, 0.4) is 0 Å². The first-order valence-electron chi connectivity index (χ1n) is 5.03. The molecule has 1 rings (SSSR count). The second-order valence-corrected chi connectivity index (χ2v) is 4.24. The van der Waals surface area contributed by atoms with Gasteiger partial charge in [0.1, 0.15) is 5.82 Å². The molecule has 1 amide bonds. The molecule has 1 aromatic carbocycles. The molecule has 0 fully saturated rings. The van der Waals surface area contributed by atoms with E-state index in [4.69, 9.17) is 0 Å². The third kappa shape index (κ3) is 4.28. The lowest BCUT2D eigenvalue weighted by atomic mass is 10.2. The molecule has 0 bridgehead atoms. The van der Waals surface area contributed by atoms with Gasteiger partial charge in [0.25, 0.3) is 0 Å². The maximum absolute atomic E-state index is 12.9. The van der Waals surface area contributed by atoms with Crippen molar-refractivity contribution in [2.75, 3.05) is 18.9 Å². The van der Waals surface area contributed by atoms with E-state index in [1.54, 1.807) is 6.07 Å². The van der Waals surface area contributed by atoms with Crippen LogP contribution in [-0.4, -0.2) is 19.5 Å². The van der Waals surface area contributed by atoms with E-state index in [9.17, 15) is 9.18 Å².